The maximum Gasteiger partial charge on any atom is 0.228 e. The first-order chi connectivity index (χ1) is 11.3. The number of aromatic nitrogens is 4. The molecule has 0 bridgehead atoms. The zero-order valence-electron chi connectivity index (χ0n) is 12.3. The molecule has 1 amide bonds. The minimum Gasteiger partial charge on any atom is -0.297 e. The molecule has 4 heterocycles. The fourth-order valence-corrected chi connectivity index (χ4v) is 3.53. The van der Waals surface area contributed by atoms with Crippen molar-refractivity contribution in [2.45, 2.75) is 18.8 Å². The molecule has 0 saturated carbocycles. The number of aromatic amines is 1. The van der Waals surface area contributed by atoms with Gasteiger partial charge in [-0.05, 0) is 41.6 Å². The molecule has 1 aliphatic heterocycles. The highest BCUT2D eigenvalue weighted by molar-refractivity contribution is 7.03. The summed E-state index contributed by atoms with van der Waals surface area (Å²) in [7, 11) is 0. The van der Waals surface area contributed by atoms with Crippen LogP contribution in [0.5, 0.6) is 0 Å². The average Bonchev–Trinajstić information content (AvgIpc) is 3.27. The average molecular weight is 325 g/mol. The van der Waals surface area contributed by atoms with Gasteiger partial charge in [-0.2, -0.15) is 5.10 Å². The van der Waals surface area contributed by atoms with Gasteiger partial charge in [-0.15, -0.1) is 0 Å². The summed E-state index contributed by atoms with van der Waals surface area (Å²) in [6, 6.07) is 5.72. The van der Waals surface area contributed by atoms with Crippen LogP contribution in [0.2, 0.25) is 0 Å². The van der Waals surface area contributed by atoms with Gasteiger partial charge in [0.2, 0.25) is 5.91 Å². The standard InChI is InChI=1S/C16H15N5OS/c22-16-7-12(13-9-18-23-10-13)3-6-21(16)15-8-14(19-20-15)11-1-4-17-5-2-11/h1-2,4-5,8-10,12H,3,6-7H2,(H,19,20). The van der Waals surface area contributed by atoms with Crippen LogP contribution < -0.4 is 4.90 Å². The van der Waals surface area contributed by atoms with Crippen molar-refractivity contribution in [3.8, 4) is 11.3 Å². The SMILES string of the molecule is O=C1CC(c2cnsc2)CCN1c1cc(-c2ccncc2)n[nH]1. The molecule has 0 aromatic carbocycles. The van der Waals surface area contributed by atoms with E-state index >= 15 is 0 Å². The van der Waals surface area contributed by atoms with Gasteiger partial charge in [0.15, 0.2) is 0 Å². The molecular weight excluding hydrogens is 310 g/mol. The normalized spacial score (nSPS) is 18.3. The molecule has 1 atom stereocenters. The molecule has 1 unspecified atom stereocenters. The number of piperidine rings is 1. The number of nitrogens with zero attached hydrogens (tertiary/aromatic N) is 4. The summed E-state index contributed by atoms with van der Waals surface area (Å²) < 4.78 is 4.13. The van der Waals surface area contributed by atoms with Crippen LogP contribution in [0.1, 0.15) is 24.3 Å². The Morgan fingerprint density at radius 2 is 2.17 bits per heavy atom. The Labute approximate surface area is 137 Å². The van der Waals surface area contributed by atoms with E-state index in [0.717, 1.165) is 23.5 Å². The van der Waals surface area contributed by atoms with E-state index in [-0.39, 0.29) is 11.8 Å². The second kappa shape index (κ2) is 5.92. The molecule has 1 aliphatic rings. The zero-order valence-corrected chi connectivity index (χ0v) is 13.2. The van der Waals surface area contributed by atoms with Crippen LogP contribution in [0.25, 0.3) is 11.3 Å². The fourth-order valence-electron chi connectivity index (χ4n) is 2.91. The number of H-pyrrole nitrogens is 1. The van der Waals surface area contributed by atoms with E-state index in [2.05, 4.69) is 19.6 Å². The first-order valence-electron chi connectivity index (χ1n) is 7.47. The van der Waals surface area contributed by atoms with Crippen LogP contribution in [-0.4, -0.2) is 32.0 Å². The smallest absolute Gasteiger partial charge is 0.228 e. The molecule has 0 spiro atoms. The number of nitrogens with one attached hydrogen (secondary N) is 1. The van der Waals surface area contributed by atoms with E-state index in [0.29, 0.717) is 13.0 Å². The van der Waals surface area contributed by atoms with Crippen LogP contribution in [0.15, 0.2) is 42.2 Å². The minimum absolute atomic E-state index is 0.123. The largest absolute Gasteiger partial charge is 0.297 e. The van der Waals surface area contributed by atoms with Crippen molar-refractivity contribution in [1.82, 2.24) is 19.6 Å². The Morgan fingerprint density at radius 1 is 1.30 bits per heavy atom. The Morgan fingerprint density at radius 3 is 2.91 bits per heavy atom. The van der Waals surface area contributed by atoms with Gasteiger partial charge >= 0.3 is 0 Å². The van der Waals surface area contributed by atoms with Crippen molar-refractivity contribution >= 4 is 23.3 Å². The van der Waals surface area contributed by atoms with Gasteiger partial charge in [0.05, 0.1) is 5.69 Å². The summed E-state index contributed by atoms with van der Waals surface area (Å²) in [5, 5.41) is 9.32. The van der Waals surface area contributed by atoms with Gasteiger partial charge in [0, 0.05) is 48.6 Å². The molecule has 0 radical (unpaired) electrons. The molecule has 6 nitrogen and oxygen atoms in total. The van der Waals surface area contributed by atoms with Crippen molar-refractivity contribution in [2.24, 2.45) is 0 Å². The van der Waals surface area contributed by atoms with Gasteiger partial charge in [0.25, 0.3) is 0 Å². The summed E-state index contributed by atoms with van der Waals surface area (Å²) >= 11 is 1.44. The number of hydrogen-bond acceptors (Lipinski definition) is 5. The predicted molar refractivity (Wildman–Crippen MR) is 88.3 cm³/mol. The number of amides is 1. The van der Waals surface area contributed by atoms with Crippen LogP contribution in [0.4, 0.5) is 5.82 Å². The number of carbonyl (C=O) groups is 1. The second-order valence-corrected chi connectivity index (χ2v) is 6.22. The zero-order chi connectivity index (χ0) is 15.6. The molecule has 3 aromatic heterocycles. The maximum absolute atomic E-state index is 12.5. The first-order valence-corrected chi connectivity index (χ1v) is 8.30. The van der Waals surface area contributed by atoms with Gasteiger partial charge in [0.1, 0.15) is 5.82 Å². The first kappa shape index (κ1) is 14.1. The molecule has 7 heteroatoms. The lowest BCUT2D eigenvalue weighted by Gasteiger charge is -2.30. The lowest BCUT2D eigenvalue weighted by molar-refractivity contribution is -0.120. The minimum atomic E-state index is 0.123. The molecule has 1 N–H and O–H groups in total. The van der Waals surface area contributed by atoms with Crippen LogP contribution >= 0.6 is 11.5 Å². The van der Waals surface area contributed by atoms with Gasteiger partial charge in [-0.1, -0.05) is 0 Å². The lowest BCUT2D eigenvalue weighted by atomic mass is 9.91. The highest BCUT2D eigenvalue weighted by Gasteiger charge is 2.29. The van der Waals surface area contributed by atoms with Crippen molar-refractivity contribution in [3.05, 3.63) is 47.7 Å². The van der Waals surface area contributed by atoms with Crippen LogP contribution in [0.3, 0.4) is 0 Å². The summed E-state index contributed by atoms with van der Waals surface area (Å²) in [5.74, 6) is 1.15. The maximum atomic E-state index is 12.5. The monoisotopic (exact) mass is 325 g/mol. The van der Waals surface area contributed by atoms with Crippen LogP contribution in [0, 0.1) is 0 Å². The van der Waals surface area contributed by atoms with Crippen LogP contribution in [-0.2, 0) is 4.79 Å². The van der Waals surface area contributed by atoms with Gasteiger partial charge < -0.3 is 0 Å². The van der Waals surface area contributed by atoms with Crippen molar-refractivity contribution in [3.63, 3.8) is 0 Å². The molecule has 1 saturated heterocycles. The van der Waals surface area contributed by atoms with E-state index in [1.807, 2.05) is 29.8 Å². The predicted octanol–water partition coefficient (Wildman–Crippen LogP) is 2.84. The van der Waals surface area contributed by atoms with Crippen molar-refractivity contribution < 1.29 is 4.79 Å². The highest BCUT2D eigenvalue weighted by Crippen LogP contribution is 2.32. The van der Waals surface area contributed by atoms with E-state index in [1.54, 1.807) is 17.3 Å². The number of carbonyl (C=O) groups excluding carboxylic acids is 1. The summed E-state index contributed by atoms with van der Waals surface area (Å²) in [6.45, 7) is 0.692. The van der Waals surface area contributed by atoms with Crippen molar-refractivity contribution in [1.29, 1.82) is 0 Å². The molecule has 4 rings (SSSR count). The highest BCUT2D eigenvalue weighted by atomic mass is 32.1. The summed E-state index contributed by atoms with van der Waals surface area (Å²) in [5.41, 5.74) is 2.97. The van der Waals surface area contributed by atoms with E-state index in [4.69, 9.17) is 0 Å². The quantitative estimate of drug-likeness (QED) is 0.803. The molecule has 3 aromatic rings. The molecular formula is C16H15N5OS. The van der Waals surface area contributed by atoms with E-state index in [1.165, 1.54) is 17.1 Å². The number of anilines is 1. The topological polar surface area (TPSA) is 74.8 Å². The lowest BCUT2D eigenvalue weighted by Crippen LogP contribution is -2.38. The van der Waals surface area contributed by atoms with Crippen molar-refractivity contribution in [2.75, 3.05) is 11.4 Å². The molecule has 23 heavy (non-hydrogen) atoms. The molecule has 0 aliphatic carbocycles. The number of hydrogen-bond donors (Lipinski definition) is 1. The third-order valence-corrected chi connectivity index (χ3v) is 4.78. The van der Waals surface area contributed by atoms with E-state index in [9.17, 15) is 4.79 Å². The molecule has 116 valence electrons. The fraction of sp³-hybridized carbons (Fsp3) is 0.250. The number of pyridine rings is 1. The third kappa shape index (κ3) is 2.75. The number of rotatable bonds is 3. The second-order valence-electron chi connectivity index (χ2n) is 5.57. The Kier molecular flexibility index (Phi) is 3.63. The summed E-state index contributed by atoms with van der Waals surface area (Å²) in [4.78, 5) is 18.3. The van der Waals surface area contributed by atoms with Gasteiger partial charge in [-0.3, -0.25) is 19.8 Å². The Hall–Kier alpha value is -2.54. The Balaban J connectivity index is 1.51. The Bertz CT molecular complexity index is 799. The van der Waals surface area contributed by atoms with E-state index < -0.39 is 0 Å². The van der Waals surface area contributed by atoms with Gasteiger partial charge in [-0.25, -0.2) is 4.37 Å². The molecule has 1 fully saturated rings. The summed E-state index contributed by atoms with van der Waals surface area (Å²) in [6.07, 6.45) is 6.79. The third-order valence-electron chi connectivity index (χ3n) is 4.18.